The lowest BCUT2D eigenvalue weighted by Crippen LogP contribution is -2.60. The summed E-state index contributed by atoms with van der Waals surface area (Å²) < 4.78 is 6.24. The van der Waals surface area contributed by atoms with Gasteiger partial charge in [0.15, 0.2) is 0 Å². The Hall–Kier alpha value is -1.93. The molecule has 1 unspecified atom stereocenters. The quantitative estimate of drug-likeness (QED) is 0.505. The van der Waals surface area contributed by atoms with Crippen molar-refractivity contribution < 1.29 is 29.3 Å². The molecule has 8 nitrogen and oxygen atoms in total. The molecule has 3 aliphatic heterocycles. The van der Waals surface area contributed by atoms with Crippen molar-refractivity contribution in [1.82, 2.24) is 9.80 Å². The van der Waals surface area contributed by atoms with Gasteiger partial charge in [0, 0.05) is 12.6 Å². The molecule has 0 aromatic carbocycles. The number of carbonyl (C=O) groups is 3. The molecule has 0 aromatic rings. The number of fused-ring (bicyclic) bond motifs is 1. The van der Waals surface area contributed by atoms with Crippen molar-refractivity contribution in [2.45, 2.75) is 83.2 Å². The van der Waals surface area contributed by atoms with E-state index in [-0.39, 0.29) is 30.4 Å². The van der Waals surface area contributed by atoms with E-state index < -0.39 is 41.6 Å². The van der Waals surface area contributed by atoms with E-state index in [2.05, 4.69) is 6.58 Å². The van der Waals surface area contributed by atoms with Crippen molar-refractivity contribution >= 4 is 17.8 Å². The first-order valence-corrected chi connectivity index (χ1v) is 11.4. The van der Waals surface area contributed by atoms with Crippen LogP contribution in [0.5, 0.6) is 0 Å². The summed E-state index contributed by atoms with van der Waals surface area (Å²) in [5, 5.41) is 20.0. The first-order valence-electron chi connectivity index (χ1n) is 11.4. The Balaban J connectivity index is 2.11. The SMILES string of the molecule is C=CCN(C(=O)[C@H]1N([C@@H](CO)C(C)C)C(=O)[C@@H]2[C@@H](C(=O)O)[C@H]3CC[C@]21O3)C(C)CCC. The third-order valence-corrected chi connectivity index (χ3v) is 7.42. The molecule has 8 heteroatoms. The highest BCUT2D eigenvalue weighted by molar-refractivity contribution is 5.98. The predicted molar refractivity (Wildman–Crippen MR) is 114 cm³/mol. The van der Waals surface area contributed by atoms with E-state index >= 15 is 0 Å². The average molecular weight is 437 g/mol. The second-order valence-corrected chi connectivity index (χ2v) is 9.55. The standard InChI is InChI=1S/C23H36N2O6/c1-6-8-14(5)24(11-7-2)21(28)19-23-10-9-16(31-23)17(22(29)30)18(23)20(27)25(19)15(12-26)13(3)4/h7,13-19,26H,2,6,8-12H2,1,3-5H3,(H,29,30)/t14?,15-,16+,17-,18-,19+,23-/m0/s1. The molecular formula is C23H36N2O6. The zero-order valence-electron chi connectivity index (χ0n) is 19.0. The number of aliphatic carboxylic acids is 1. The molecule has 0 radical (unpaired) electrons. The number of nitrogens with zero attached hydrogens (tertiary/aromatic N) is 2. The van der Waals surface area contributed by atoms with Gasteiger partial charge in [0.1, 0.15) is 11.6 Å². The Morgan fingerprint density at radius 3 is 2.58 bits per heavy atom. The molecule has 3 rings (SSSR count). The van der Waals surface area contributed by atoms with Crippen LogP contribution in [0.25, 0.3) is 0 Å². The molecule has 0 aliphatic carbocycles. The number of carboxylic acids is 1. The van der Waals surface area contributed by atoms with Crippen LogP contribution < -0.4 is 0 Å². The van der Waals surface area contributed by atoms with Gasteiger partial charge in [0.2, 0.25) is 11.8 Å². The van der Waals surface area contributed by atoms with Gasteiger partial charge in [0.25, 0.3) is 0 Å². The second kappa shape index (κ2) is 8.90. The Kier molecular flexibility index (Phi) is 6.81. The fourth-order valence-electron chi connectivity index (χ4n) is 5.99. The molecule has 3 heterocycles. The van der Waals surface area contributed by atoms with Crippen LogP contribution in [-0.4, -0.2) is 80.8 Å². The second-order valence-electron chi connectivity index (χ2n) is 9.55. The van der Waals surface area contributed by atoms with Crippen LogP contribution in [0.2, 0.25) is 0 Å². The van der Waals surface area contributed by atoms with Gasteiger partial charge in [-0.05, 0) is 32.1 Å². The minimum Gasteiger partial charge on any atom is -0.481 e. The maximum atomic E-state index is 14.0. The number of carboxylic acid groups (broad SMARTS) is 1. The zero-order valence-corrected chi connectivity index (χ0v) is 19.0. The van der Waals surface area contributed by atoms with Gasteiger partial charge in [-0.1, -0.05) is 33.3 Å². The van der Waals surface area contributed by atoms with Gasteiger partial charge >= 0.3 is 5.97 Å². The summed E-state index contributed by atoms with van der Waals surface area (Å²) in [5.74, 6) is -3.68. The molecule has 3 aliphatic rings. The summed E-state index contributed by atoms with van der Waals surface area (Å²) in [6.45, 7) is 11.6. The van der Waals surface area contributed by atoms with Crippen molar-refractivity contribution in [1.29, 1.82) is 0 Å². The molecule has 3 saturated heterocycles. The van der Waals surface area contributed by atoms with Crippen molar-refractivity contribution in [2.75, 3.05) is 13.2 Å². The van der Waals surface area contributed by atoms with Crippen LogP contribution in [0.1, 0.15) is 53.4 Å². The number of likely N-dealkylation sites (tertiary alicyclic amines) is 1. The molecule has 0 aromatic heterocycles. The first-order chi connectivity index (χ1) is 14.7. The molecule has 7 atom stereocenters. The fraction of sp³-hybridized carbons (Fsp3) is 0.783. The van der Waals surface area contributed by atoms with Crippen LogP contribution in [-0.2, 0) is 19.1 Å². The third-order valence-electron chi connectivity index (χ3n) is 7.42. The van der Waals surface area contributed by atoms with Crippen LogP contribution >= 0.6 is 0 Å². The summed E-state index contributed by atoms with van der Waals surface area (Å²) in [4.78, 5) is 42.9. The number of aliphatic hydroxyl groups is 1. The molecular weight excluding hydrogens is 400 g/mol. The van der Waals surface area contributed by atoms with Crippen LogP contribution in [0, 0.1) is 17.8 Å². The molecule has 0 saturated carbocycles. The highest BCUT2D eigenvalue weighted by atomic mass is 16.5. The van der Waals surface area contributed by atoms with Crippen molar-refractivity contribution in [3.8, 4) is 0 Å². The van der Waals surface area contributed by atoms with Gasteiger partial charge in [0.05, 0.1) is 30.6 Å². The Morgan fingerprint density at radius 1 is 1.39 bits per heavy atom. The average Bonchev–Trinajstić information content (AvgIpc) is 3.34. The lowest BCUT2D eigenvalue weighted by molar-refractivity contribution is -0.155. The van der Waals surface area contributed by atoms with E-state index in [4.69, 9.17) is 4.74 Å². The normalized spacial score (nSPS) is 33.5. The van der Waals surface area contributed by atoms with E-state index in [0.717, 1.165) is 12.8 Å². The number of aliphatic hydroxyl groups excluding tert-OH is 1. The van der Waals surface area contributed by atoms with E-state index in [9.17, 15) is 24.6 Å². The van der Waals surface area contributed by atoms with Crippen molar-refractivity contribution in [3.63, 3.8) is 0 Å². The van der Waals surface area contributed by atoms with Crippen LogP contribution in [0.3, 0.4) is 0 Å². The smallest absolute Gasteiger partial charge is 0.310 e. The van der Waals surface area contributed by atoms with Gasteiger partial charge < -0.3 is 24.7 Å². The van der Waals surface area contributed by atoms with Crippen molar-refractivity contribution in [2.24, 2.45) is 17.8 Å². The first kappa shape index (κ1) is 23.7. The molecule has 31 heavy (non-hydrogen) atoms. The van der Waals surface area contributed by atoms with E-state index in [0.29, 0.717) is 19.4 Å². The number of rotatable bonds is 10. The number of carbonyl (C=O) groups excluding carboxylic acids is 2. The van der Waals surface area contributed by atoms with E-state index in [1.54, 1.807) is 11.0 Å². The molecule has 2 amide bonds. The van der Waals surface area contributed by atoms with Gasteiger partial charge in [-0.3, -0.25) is 14.4 Å². The third kappa shape index (κ3) is 3.57. The zero-order chi connectivity index (χ0) is 23.1. The minimum absolute atomic E-state index is 0.0663. The minimum atomic E-state index is -1.16. The van der Waals surface area contributed by atoms with Crippen LogP contribution in [0.4, 0.5) is 0 Å². The lowest BCUT2D eigenvalue weighted by atomic mass is 9.70. The molecule has 1 spiro atoms. The Bertz CT molecular complexity index is 740. The molecule has 174 valence electrons. The monoisotopic (exact) mass is 436 g/mol. The van der Waals surface area contributed by atoms with Gasteiger partial charge in [-0.2, -0.15) is 0 Å². The summed E-state index contributed by atoms with van der Waals surface area (Å²) in [6, 6.07) is -1.60. The molecule has 2 N–H and O–H groups in total. The van der Waals surface area contributed by atoms with E-state index in [1.807, 2.05) is 27.7 Å². The Labute approximate surface area is 184 Å². The van der Waals surface area contributed by atoms with Crippen molar-refractivity contribution in [3.05, 3.63) is 12.7 Å². The highest BCUT2D eigenvalue weighted by Gasteiger charge is 2.75. The fourth-order valence-corrected chi connectivity index (χ4v) is 5.99. The van der Waals surface area contributed by atoms with Gasteiger partial charge in [-0.25, -0.2) is 0 Å². The Morgan fingerprint density at radius 2 is 2.06 bits per heavy atom. The topological polar surface area (TPSA) is 107 Å². The maximum Gasteiger partial charge on any atom is 0.310 e. The molecule has 2 bridgehead atoms. The highest BCUT2D eigenvalue weighted by Crippen LogP contribution is 2.59. The summed E-state index contributed by atoms with van der Waals surface area (Å²) in [6.07, 6.45) is 3.77. The van der Waals surface area contributed by atoms with E-state index in [1.165, 1.54) is 4.90 Å². The number of hydrogen-bond acceptors (Lipinski definition) is 5. The number of hydrogen-bond donors (Lipinski definition) is 2. The maximum absolute atomic E-state index is 14.0. The summed E-state index contributed by atoms with van der Waals surface area (Å²) in [7, 11) is 0. The predicted octanol–water partition coefficient (Wildman–Crippen LogP) is 1.67. The largest absolute Gasteiger partial charge is 0.481 e. The van der Waals surface area contributed by atoms with Crippen LogP contribution in [0.15, 0.2) is 12.7 Å². The summed E-state index contributed by atoms with van der Waals surface area (Å²) >= 11 is 0. The number of ether oxygens (including phenoxy) is 1. The van der Waals surface area contributed by atoms with Gasteiger partial charge in [-0.15, -0.1) is 6.58 Å². The lowest BCUT2D eigenvalue weighted by Gasteiger charge is -2.41. The number of amides is 2. The summed E-state index contributed by atoms with van der Waals surface area (Å²) in [5.41, 5.74) is -1.16. The molecule has 3 fully saturated rings.